The van der Waals surface area contributed by atoms with Gasteiger partial charge < -0.3 is 26.2 Å². The maximum absolute atomic E-state index is 12.3. The zero-order chi connectivity index (χ0) is 19.4. The quantitative estimate of drug-likeness (QED) is 0.518. The third kappa shape index (κ3) is 4.42. The molecule has 1 aliphatic rings. The molecule has 0 saturated carbocycles. The van der Waals surface area contributed by atoms with Crippen LogP contribution < -0.4 is 21.1 Å². The minimum absolute atomic E-state index is 0.122. The summed E-state index contributed by atoms with van der Waals surface area (Å²) < 4.78 is 5.59. The first-order chi connectivity index (χ1) is 12.9. The number of hydrogen-bond donors (Lipinski definition) is 4. The second-order valence-electron chi connectivity index (χ2n) is 6.16. The summed E-state index contributed by atoms with van der Waals surface area (Å²) in [6.45, 7) is 0. The van der Waals surface area contributed by atoms with E-state index in [0.717, 1.165) is 5.56 Å². The molecule has 1 saturated heterocycles. The number of ether oxygens (including phenoxy) is 1. The Bertz CT molecular complexity index is 838. The smallest absolute Gasteiger partial charge is 0.335 e. The molecule has 8 nitrogen and oxygen atoms in total. The van der Waals surface area contributed by atoms with Crippen LogP contribution in [-0.4, -0.2) is 41.2 Å². The van der Waals surface area contributed by atoms with Gasteiger partial charge in [-0.15, -0.1) is 0 Å². The molecule has 0 aliphatic carbocycles. The minimum Gasteiger partial charge on any atom is -0.478 e. The van der Waals surface area contributed by atoms with Crippen LogP contribution in [0.1, 0.15) is 15.9 Å². The molecule has 3 rings (SSSR count). The van der Waals surface area contributed by atoms with Gasteiger partial charge in [0, 0.05) is 0 Å². The highest BCUT2D eigenvalue weighted by atomic mass is 16.5. The standard InChI is InChI=1S/C19H19N3O5/c20-14(10-11-4-2-1-3-5-11)16(23)21-15-17(24)22-18(15)27-13-8-6-12(7-9-13)19(25)26/h1-9,14-15,18H,10,20H2,(H,21,23)(H,22,24)(H,25,26)/t14-,15+,18-/m0/s1. The fourth-order valence-electron chi connectivity index (χ4n) is 2.64. The molecule has 2 aromatic carbocycles. The summed E-state index contributed by atoms with van der Waals surface area (Å²) in [5.74, 6) is -1.50. The van der Waals surface area contributed by atoms with Gasteiger partial charge >= 0.3 is 5.97 Å². The molecule has 0 aromatic heterocycles. The van der Waals surface area contributed by atoms with E-state index >= 15 is 0 Å². The van der Waals surface area contributed by atoms with Crippen molar-refractivity contribution in [2.45, 2.75) is 24.7 Å². The second kappa shape index (κ2) is 7.88. The molecular formula is C19H19N3O5. The predicted octanol–water partition coefficient (Wildman–Crippen LogP) is 0.274. The minimum atomic E-state index is -1.05. The molecule has 2 amide bonds. The lowest BCUT2D eigenvalue weighted by Gasteiger charge is -2.37. The average Bonchev–Trinajstić information content (AvgIpc) is 2.66. The lowest BCUT2D eigenvalue weighted by Crippen LogP contribution is -2.72. The molecule has 27 heavy (non-hydrogen) atoms. The first-order valence-electron chi connectivity index (χ1n) is 8.34. The largest absolute Gasteiger partial charge is 0.478 e. The highest BCUT2D eigenvalue weighted by Crippen LogP contribution is 2.17. The third-order valence-corrected chi connectivity index (χ3v) is 4.17. The lowest BCUT2D eigenvalue weighted by molar-refractivity contribution is -0.143. The van der Waals surface area contributed by atoms with Gasteiger partial charge in [0.05, 0.1) is 11.6 Å². The SMILES string of the molecule is N[C@@H](Cc1ccccc1)C(=O)N[C@@H]1C(=O)N[C@H]1Oc1ccc(C(=O)O)cc1. The zero-order valence-electron chi connectivity index (χ0n) is 14.3. The van der Waals surface area contributed by atoms with Gasteiger partial charge in [-0.05, 0) is 36.2 Å². The Morgan fingerprint density at radius 2 is 1.81 bits per heavy atom. The molecule has 1 aliphatic heterocycles. The molecule has 1 heterocycles. The molecule has 140 valence electrons. The van der Waals surface area contributed by atoms with E-state index in [4.69, 9.17) is 15.6 Å². The Morgan fingerprint density at radius 1 is 1.15 bits per heavy atom. The summed E-state index contributed by atoms with van der Waals surface area (Å²) in [5, 5.41) is 14.0. The molecule has 0 bridgehead atoms. The van der Waals surface area contributed by atoms with Crippen LogP contribution in [0.2, 0.25) is 0 Å². The molecule has 5 N–H and O–H groups in total. The lowest BCUT2D eigenvalue weighted by atomic mass is 10.0. The fourth-order valence-corrected chi connectivity index (χ4v) is 2.64. The van der Waals surface area contributed by atoms with Gasteiger partial charge in [-0.2, -0.15) is 0 Å². The first kappa shape index (κ1) is 18.4. The summed E-state index contributed by atoms with van der Waals surface area (Å²) in [7, 11) is 0. The number of amides is 2. The zero-order valence-corrected chi connectivity index (χ0v) is 14.3. The van der Waals surface area contributed by atoms with E-state index in [2.05, 4.69) is 10.6 Å². The summed E-state index contributed by atoms with van der Waals surface area (Å²) in [5.41, 5.74) is 6.97. The molecule has 1 fully saturated rings. The van der Waals surface area contributed by atoms with Crippen molar-refractivity contribution in [3.8, 4) is 5.75 Å². The van der Waals surface area contributed by atoms with Crippen LogP contribution in [0.3, 0.4) is 0 Å². The van der Waals surface area contributed by atoms with Gasteiger partial charge in [0.1, 0.15) is 5.75 Å². The predicted molar refractivity (Wildman–Crippen MR) is 96.0 cm³/mol. The Morgan fingerprint density at radius 3 is 2.41 bits per heavy atom. The first-order valence-corrected chi connectivity index (χ1v) is 8.34. The highest BCUT2D eigenvalue weighted by molar-refractivity contribution is 5.94. The Labute approximate surface area is 155 Å². The number of carbonyl (C=O) groups is 3. The number of hydrogen-bond acceptors (Lipinski definition) is 5. The number of rotatable bonds is 7. The van der Waals surface area contributed by atoms with Crippen molar-refractivity contribution in [1.82, 2.24) is 10.6 Å². The third-order valence-electron chi connectivity index (χ3n) is 4.17. The van der Waals surface area contributed by atoms with Crippen molar-refractivity contribution >= 4 is 17.8 Å². The molecule has 8 heteroatoms. The summed E-state index contributed by atoms with van der Waals surface area (Å²) >= 11 is 0. The topological polar surface area (TPSA) is 131 Å². The summed E-state index contributed by atoms with van der Waals surface area (Å²) in [6.07, 6.45) is -0.399. The summed E-state index contributed by atoms with van der Waals surface area (Å²) in [4.78, 5) is 34.9. The maximum Gasteiger partial charge on any atom is 0.335 e. The number of carboxylic acids is 1. The highest BCUT2D eigenvalue weighted by Gasteiger charge is 2.43. The number of nitrogens with two attached hydrogens (primary N) is 1. The van der Waals surface area contributed by atoms with Gasteiger partial charge in [-0.3, -0.25) is 9.59 Å². The Balaban J connectivity index is 1.56. The molecule has 3 atom stereocenters. The van der Waals surface area contributed by atoms with E-state index in [9.17, 15) is 14.4 Å². The van der Waals surface area contributed by atoms with Gasteiger partial charge in [0.25, 0.3) is 5.91 Å². The maximum atomic E-state index is 12.3. The van der Waals surface area contributed by atoms with Gasteiger partial charge in [0.2, 0.25) is 12.1 Å². The molecule has 0 unspecified atom stereocenters. The van der Waals surface area contributed by atoms with Crippen molar-refractivity contribution < 1.29 is 24.2 Å². The van der Waals surface area contributed by atoms with Gasteiger partial charge in [0.15, 0.2) is 6.04 Å². The fraction of sp³-hybridized carbons (Fsp3) is 0.211. The van der Waals surface area contributed by atoms with E-state index in [-0.39, 0.29) is 11.5 Å². The Kier molecular flexibility index (Phi) is 5.37. The second-order valence-corrected chi connectivity index (χ2v) is 6.16. The van der Waals surface area contributed by atoms with Gasteiger partial charge in [-0.25, -0.2) is 4.79 Å². The van der Waals surface area contributed by atoms with Crippen molar-refractivity contribution in [2.24, 2.45) is 5.73 Å². The van der Waals surface area contributed by atoms with Crippen molar-refractivity contribution in [3.63, 3.8) is 0 Å². The van der Waals surface area contributed by atoms with E-state index < -0.39 is 30.2 Å². The van der Waals surface area contributed by atoms with Crippen molar-refractivity contribution in [2.75, 3.05) is 0 Å². The molecule has 0 radical (unpaired) electrons. The molecule has 2 aromatic rings. The van der Waals surface area contributed by atoms with E-state index in [1.165, 1.54) is 24.3 Å². The van der Waals surface area contributed by atoms with Gasteiger partial charge in [-0.1, -0.05) is 30.3 Å². The Hall–Kier alpha value is -3.39. The summed E-state index contributed by atoms with van der Waals surface area (Å²) in [6, 6.07) is 13.4. The number of β-lactam (4-membered cyclic amide) rings is 1. The molecular weight excluding hydrogens is 350 g/mol. The van der Waals surface area contributed by atoms with Crippen molar-refractivity contribution in [3.05, 3.63) is 65.7 Å². The molecule has 0 spiro atoms. The number of carboxylic acid groups (broad SMARTS) is 1. The number of aromatic carboxylic acids is 1. The van der Waals surface area contributed by atoms with Crippen LogP contribution in [0.4, 0.5) is 0 Å². The van der Waals surface area contributed by atoms with E-state index in [0.29, 0.717) is 12.2 Å². The van der Waals surface area contributed by atoms with Crippen LogP contribution in [0.25, 0.3) is 0 Å². The normalized spacial score (nSPS) is 19.4. The number of carbonyl (C=O) groups excluding carboxylic acids is 2. The average molecular weight is 369 g/mol. The van der Waals surface area contributed by atoms with E-state index in [1.807, 2.05) is 30.3 Å². The van der Waals surface area contributed by atoms with Crippen LogP contribution in [0.5, 0.6) is 5.75 Å². The number of nitrogens with one attached hydrogen (secondary N) is 2. The van der Waals surface area contributed by atoms with E-state index in [1.54, 1.807) is 0 Å². The monoisotopic (exact) mass is 369 g/mol. The van der Waals surface area contributed by atoms with Crippen LogP contribution in [0.15, 0.2) is 54.6 Å². The van der Waals surface area contributed by atoms with Crippen molar-refractivity contribution in [1.29, 1.82) is 0 Å². The van der Waals surface area contributed by atoms with Crippen LogP contribution >= 0.6 is 0 Å². The number of benzene rings is 2. The van der Waals surface area contributed by atoms with Crippen LogP contribution in [-0.2, 0) is 16.0 Å². The van der Waals surface area contributed by atoms with Crippen LogP contribution in [0, 0.1) is 0 Å².